The van der Waals surface area contributed by atoms with Gasteiger partial charge in [0.15, 0.2) is 0 Å². The van der Waals surface area contributed by atoms with Crippen molar-refractivity contribution in [3.05, 3.63) is 34.9 Å². The molecule has 0 aromatic heterocycles. The van der Waals surface area contributed by atoms with Crippen LogP contribution in [0.2, 0.25) is 0 Å². The average Bonchev–Trinajstić information content (AvgIpc) is 3.15. The Morgan fingerprint density at radius 3 is 3.03 bits per heavy atom. The predicted octanol–water partition coefficient (Wildman–Crippen LogP) is 0.468. The van der Waals surface area contributed by atoms with Gasteiger partial charge in [-0.05, 0) is 48.8 Å². The highest BCUT2D eigenvalue weighted by atomic mass is 16.7. The Morgan fingerprint density at radius 2 is 2.21 bits per heavy atom. The van der Waals surface area contributed by atoms with Crippen LogP contribution in [0.3, 0.4) is 0 Å². The molecule has 29 heavy (non-hydrogen) atoms. The lowest BCUT2D eigenvalue weighted by Gasteiger charge is -2.18. The van der Waals surface area contributed by atoms with Crippen LogP contribution >= 0.6 is 0 Å². The van der Waals surface area contributed by atoms with E-state index in [-0.39, 0.29) is 36.9 Å². The molecule has 1 amide bonds. The number of hydroxylamine groups is 1. The summed E-state index contributed by atoms with van der Waals surface area (Å²) in [6.45, 7) is 2.31. The van der Waals surface area contributed by atoms with Gasteiger partial charge in [0.2, 0.25) is 5.91 Å². The highest BCUT2D eigenvalue weighted by Crippen LogP contribution is 2.37. The maximum Gasteiger partial charge on any atom is 0.226 e. The van der Waals surface area contributed by atoms with E-state index >= 15 is 0 Å². The predicted molar refractivity (Wildman–Crippen MR) is 107 cm³/mol. The first-order chi connectivity index (χ1) is 14.2. The molecular weight excluding hydrogens is 370 g/mol. The molecule has 2 saturated heterocycles. The van der Waals surface area contributed by atoms with E-state index in [9.17, 15) is 4.79 Å². The Kier molecular flexibility index (Phi) is 5.55. The standard InChI is InChI=1S/C21H31N5O3/c27-9-1-8-26-12-16(11-22-26)20(28)23-18-7-5-14-10-15(4-6-17(14)18)19-24-21(29-25-19)13-2-3-13/h4,6,10,13,16,18-19,21-22,24-25,27H,1-3,5,7-9,11-12H2,(H,23,28)/t16?,18-,19?,21?/m1/s1. The van der Waals surface area contributed by atoms with E-state index in [0.29, 0.717) is 19.0 Å². The molecule has 4 atom stereocenters. The third-order valence-corrected chi connectivity index (χ3v) is 6.55. The summed E-state index contributed by atoms with van der Waals surface area (Å²) in [7, 11) is 0. The van der Waals surface area contributed by atoms with Crippen LogP contribution in [0.25, 0.3) is 0 Å². The number of hydrogen-bond donors (Lipinski definition) is 5. The third-order valence-electron chi connectivity index (χ3n) is 6.55. The van der Waals surface area contributed by atoms with Crippen molar-refractivity contribution in [3.8, 4) is 0 Å². The van der Waals surface area contributed by atoms with Crippen molar-refractivity contribution in [2.75, 3.05) is 26.2 Å². The Labute approximate surface area is 171 Å². The fourth-order valence-corrected chi connectivity index (χ4v) is 4.67. The lowest BCUT2D eigenvalue weighted by Crippen LogP contribution is -2.35. The number of aliphatic hydroxyl groups excluding tert-OH is 1. The number of nitrogens with one attached hydrogen (secondary N) is 4. The molecule has 1 aromatic carbocycles. The largest absolute Gasteiger partial charge is 0.396 e. The van der Waals surface area contributed by atoms with Crippen LogP contribution in [0.5, 0.6) is 0 Å². The fourth-order valence-electron chi connectivity index (χ4n) is 4.67. The molecular formula is C21H31N5O3. The van der Waals surface area contributed by atoms with Crippen LogP contribution in [-0.4, -0.2) is 48.5 Å². The monoisotopic (exact) mass is 401 g/mol. The molecule has 5 rings (SSSR count). The van der Waals surface area contributed by atoms with Crippen molar-refractivity contribution < 1.29 is 14.7 Å². The van der Waals surface area contributed by atoms with Crippen LogP contribution in [-0.2, 0) is 16.1 Å². The first-order valence-electron chi connectivity index (χ1n) is 10.9. The van der Waals surface area contributed by atoms with Crippen molar-refractivity contribution >= 4 is 5.91 Å². The summed E-state index contributed by atoms with van der Waals surface area (Å²) in [6, 6.07) is 6.65. The number of hydrogen-bond acceptors (Lipinski definition) is 7. The van der Waals surface area contributed by atoms with Crippen molar-refractivity contribution in [2.24, 2.45) is 11.8 Å². The summed E-state index contributed by atoms with van der Waals surface area (Å²) < 4.78 is 0. The van der Waals surface area contributed by atoms with Gasteiger partial charge in [-0.3, -0.25) is 20.4 Å². The summed E-state index contributed by atoms with van der Waals surface area (Å²) in [5, 5.41) is 17.8. The van der Waals surface area contributed by atoms with Crippen LogP contribution < -0.4 is 21.5 Å². The van der Waals surface area contributed by atoms with Crippen LogP contribution in [0.4, 0.5) is 0 Å². The Morgan fingerprint density at radius 1 is 1.31 bits per heavy atom. The topological polar surface area (TPSA) is 97.9 Å². The van der Waals surface area contributed by atoms with Crippen LogP contribution in [0.15, 0.2) is 18.2 Å². The minimum Gasteiger partial charge on any atom is -0.396 e. The fraction of sp³-hybridized carbons (Fsp3) is 0.667. The maximum absolute atomic E-state index is 12.7. The van der Waals surface area contributed by atoms with Gasteiger partial charge in [0.05, 0.1) is 12.0 Å². The number of amides is 1. The molecule has 3 unspecified atom stereocenters. The summed E-state index contributed by atoms with van der Waals surface area (Å²) in [5.74, 6) is 0.720. The molecule has 2 aliphatic heterocycles. The molecule has 3 fully saturated rings. The zero-order valence-corrected chi connectivity index (χ0v) is 16.7. The van der Waals surface area contributed by atoms with Gasteiger partial charge in [-0.2, -0.15) is 5.48 Å². The number of aryl methyl sites for hydroxylation is 1. The van der Waals surface area contributed by atoms with Crippen molar-refractivity contribution in [3.63, 3.8) is 0 Å². The van der Waals surface area contributed by atoms with Gasteiger partial charge in [0.25, 0.3) is 0 Å². The number of fused-ring (bicyclic) bond motifs is 1. The molecule has 0 radical (unpaired) electrons. The first-order valence-corrected chi connectivity index (χ1v) is 10.9. The van der Waals surface area contributed by atoms with Gasteiger partial charge in [-0.25, -0.2) is 5.01 Å². The molecule has 158 valence electrons. The van der Waals surface area contributed by atoms with Gasteiger partial charge >= 0.3 is 0 Å². The molecule has 0 bridgehead atoms. The number of nitrogens with zero attached hydrogens (tertiary/aromatic N) is 1. The molecule has 8 nitrogen and oxygen atoms in total. The van der Waals surface area contributed by atoms with Crippen molar-refractivity contribution in [2.45, 2.75) is 50.5 Å². The molecule has 2 heterocycles. The summed E-state index contributed by atoms with van der Waals surface area (Å²) in [5.41, 5.74) is 10.1. The quantitative estimate of drug-likeness (QED) is 0.453. The SMILES string of the molecule is O=C(N[C@@H]1CCc2cc(C3NOC(C4CC4)N3)ccc21)C1CNN(CCCO)C1. The second-order valence-electron chi connectivity index (χ2n) is 8.73. The number of carbonyl (C=O) groups is 1. The highest BCUT2D eigenvalue weighted by molar-refractivity contribution is 5.80. The minimum atomic E-state index is -0.0413. The van der Waals surface area contributed by atoms with Crippen molar-refractivity contribution in [1.29, 1.82) is 0 Å². The Hall–Kier alpha value is -1.55. The van der Waals surface area contributed by atoms with Crippen LogP contribution in [0, 0.1) is 11.8 Å². The van der Waals surface area contributed by atoms with Gasteiger partial charge in [-0.1, -0.05) is 18.2 Å². The number of rotatable bonds is 7. The van der Waals surface area contributed by atoms with E-state index in [4.69, 9.17) is 9.94 Å². The summed E-state index contributed by atoms with van der Waals surface area (Å²) in [4.78, 5) is 18.4. The number of carbonyl (C=O) groups excluding carboxylic acids is 1. The Bertz CT molecular complexity index is 756. The molecule has 2 aliphatic carbocycles. The van der Waals surface area contributed by atoms with Crippen molar-refractivity contribution in [1.82, 2.24) is 26.5 Å². The van der Waals surface area contributed by atoms with E-state index in [2.05, 4.69) is 39.7 Å². The minimum absolute atomic E-state index is 0.0361. The molecule has 0 spiro atoms. The summed E-state index contributed by atoms with van der Waals surface area (Å²) in [6.07, 6.45) is 5.30. The van der Waals surface area contributed by atoms with E-state index in [1.165, 1.54) is 29.5 Å². The van der Waals surface area contributed by atoms with E-state index in [1.54, 1.807) is 0 Å². The number of hydrazine groups is 1. The van der Waals surface area contributed by atoms with E-state index in [0.717, 1.165) is 25.8 Å². The second kappa shape index (κ2) is 8.29. The van der Waals surface area contributed by atoms with Crippen LogP contribution in [0.1, 0.15) is 54.6 Å². The van der Waals surface area contributed by atoms with E-state index in [1.807, 2.05) is 5.01 Å². The first kappa shape index (κ1) is 19.4. The summed E-state index contributed by atoms with van der Waals surface area (Å²) >= 11 is 0. The van der Waals surface area contributed by atoms with Gasteiger partial charge in [0, 0.05) is 32.2 Å². The van der Waals surface area contributed by atoms with Gasteiger partial charge in [-0.15, -0.1) is 0 Å². The lowest BCUT2D eigenvalue weighted by molar-refractivity contribution is -0.125. The molecule has 8 heteroatoms. The Balaban J connectivity index is 1.18. The second-order valence-corrected chi connectivity index (χ2v) is 8.73. The zero-order chi connectivity index (χ0) is 19.8. The maximum atomic E-state index is 12.7. The molecule has 1 saturated carbocycles. The molecule has 1 aromatic rings. The van der Waals surface area contributed by atoms with E-state index < -0.39 is 0 Å². The van der Waals surface area contributed by atoms with Gasteiger partial charge in [0.1, 0.15) is 12.4 Å². The third kappa shape index (κ3) is 4.19. The lowest BCUT2D eigenvalue weighted by atomic mass is 10.0. The highest BCUT2D eigenvalue weighted by Gasteiger charge is 2.38. The number of aliphatic hydroxyl groups is 1. The normalized spacial score (nSPS) is 31.9. The molecule has 5 N–H and O–H groups in total. The average molecular weight is 402 g/mol. The molecule has 4 aliphatic rings. The zero-order valence-electron chi connectivity index (χ0n) is 16.7. The smallest absolute Gasteiger partial charge is 0.226 e. The number of benzene rings is 1. The van der Waals surface area contributed by atoms with Gasteiger partial charge < -0.3 is 10.4 Å².